The van der Waals surface area contributed by atoms with Gasteiger partial charge in [0.1, 0.15) is 5.84 Å². The summed E-state index contributed by atoms with van der Waals surface area (Å²) < 4.78 is -0.856. The molecule has 0 radical (unpaired) electrons. The number of rotatable bonds is 5. The number of nitriles is 2. The molecular weight excluding hydrogens is 386 g/mol. The zero-order valence-corrected chi connectivity index (χ0v) is 18.2. The van der Waals surface area contributed by atoms with Crippen LogP contribution in [0.4, 0.5) is 0 Å². The zero-order valence-electron chi connectivity index (χ0n) is 16.6. The van der Waals surface area contributed by atoms with Gasteiger partial charge in [-0.2, -0.15) is 10.5 Å². The molecule has 146 valence electrons. The van der Waals surface area contributed by atoms with Crippen molar-refractivity contribution in [3.05, 3.63) is 47.2 Å². The van der Waals surface area contributed by atoms with Crippen LogP contribution in [0.3, 0.4) is 0 Å². The number of fused-ring (bicyclic) bond motifs is 1. The van der Waals surface area contributed by atoms with E-state index in [4.69, 9.17) is 10.7 Å². The minimum absolute atomic E-state index is 0.242. The van der Waals surface area contributed by atoms with Gasteiger partial charge in [-0.3, -0.25) is 0 Å². The first-order valence-corrected chi connectivity index (χ1v) is 11.3. The molecule has 0 fully saturated rings. The second kappa shape index (κ2) is 7.39. The quantitative estimate of drug-likeness (QED) is 0.706. The Kier molecular flexibility index (Phi) is 5.44. The SMILES string of the molecule is CCSC1(SCC)N=C(N)[C@]2(C#N)[C@H](c3ccccc3)NC(C)=C(C)[C@@]12C#N. The molecule has 2 aliphatic heterocycles. The predicted octanol–water partition coefficient (Wildman–Crippen LogP) is 4.18. The Morgan fingerprint density at radius 1 is 1.11 bits per heavy atom. The molecular formula is C21H25N5S2. The van der Waals surface area contributed by atoms with Gasteiger partial charge in [0.05, 0.1) is 18.2 Å². The Labute approximate surface area is 175 Å². The lowest BCUT2D eigenvalue weighted by Gasteiger charge is -2.52. The maximum absolute atomic E-state index is 10.7. The normalized spacial score (nSPS) is 30.6. The van der Waals surface area contributed by atoms with Crippen LogP contribution in [0.25, 0.3) is 0 Å². The average molecular weight is 412 g/mol. The Balaban J connectivity index is 2.42. The minimum Gasteiger partial charge on any atom is -0.386 e. The Bertz CT molecular complexity index is 905. The van der Waals surface area contributed by atoms with Crippen LogP contribution in [-0.4, -0.2) is 21.5 Å². The highest BCUT2D eigenvalue weighted by Gasteiger charge is 2.76. The average Bonchev–Trinajstić information content (AvgIpc) is 2.91. The molecule has 0 aliphatic carbocycles. The summed E-state index contributed by atoms with van der Waals surface area (Å²) in [5.41, 5.74) is 6.76. The van der Waals surface area contributed by atoms with Crippen LogP contribution in [0, 0.1) is 33.5 Å². The van der Waals surface area contributed by atoms with Crippen LogP contribution < -0.4 is 11.1 Å². The number of nitrogens with two attached hydrogens (primary N) is 1. The van der Waals surface area contributed by atoms with Crippen LogP contribution in [0.5, 0.6) is 0 Å². The Hall–Kier alpha value is -2.09. The molecule has 5 nitrogen and oxygen atoms in total. The number of nitrogens with zero attached hydrogens (tertiary/aromatic N) is 3. The van der Waals surface area contributed by atoms with E-state index >= 15 is 0 Å². The number of amidine groups is 1. The summed E-state index contributed by atoms with van der Waals surface area (Å²) in [6, 6.07) is 14.4. The minimum atomic E-state index is -1.29. The number of thioether (sulfide) groups is 2. The number of benzene rings is 1. The van der Waals surface area contributed by atoms with E-state index in [9.17, 15) is 10.5 Å². The van der Waals surface area contributed by atoms with Crippen molar-refractivity contribution in [2.24, 2.45) is 21.6 Å². The van der Waals surface area contributed by atoms with Gasteiger partial charge < -0.3 is 11.1 Å². The monoisotopic (exact) mass is 411 g/mol. The molecule has 0 amide bonds. The van der Waals surface area contributed by atoms with Crippen molar-refractivity contribution < 1.29 is 0 Å². The third-order valence-corrected chi connectivity index (χ3v) is 8.67. The number of hydrogen-bond donors (Lipinski definition) is 2. The Morgan fingerprint density at radius 2 is 1.71 bits per heavy atom. The zero-order chi connectivity index (χ0) is 20.6. The van der Waals surface area contributed by atoms with Crippen molar-refractivity contribution in [3.63, 3.8) is 0 Å². The molecule has 0 saturated heterocycles. The molecule has 0 saturated carbocycles. The maximum atomic E-state index is 10.7. The van der Waals surface area contributed by atoms with Crippen LogP contribution in [0.15, 0.2) is 46.6 Å². The number of nitrogens with one attached hydrogen (secondary N) is 1. The molecule has 3 N–H and O–H groups in total. The fourth-order valence-corrected chi connectivity index (χ4v) is 7.83. The summed E-state index contributed by atoms with van der Waals surface area (Å²) >= 11 is 3.20. The highest BCUT2D eigenvalue weighted by Crippen LogP contribution is 2.71. The van der Waals surface area contributed by atoms with E-state index in [1.165, 1.54) is 0 Å². The van der Waals surface area contributed by atoms with E-state index in [-0.39, 0.29) is 5.84 Å². The topological polar surface area (TPSA) is 98.0 Å². The first-order valence-electron chi connectivity index (χ1n) is 9.36. The molecule has 0 bridgehead atoms. The van der Waals surface area contributed by atoms with Gasteiger partial charge in [-0.15, -0.1) is 23.5 Å². The second-order valence-electron chi connectivity index (χ2n) is 6.96. The largest absolute Gasteiger partial charge is 0.386 e. The van der Waals surface area contributed by atoms with E-state index < -0.39 is 21.1 Å². The third-order valence-electron chi connectivity index (χ3n) is 5.81. The molecule has 28 heavy (non-hydrogen) atoms. The molecule has 0 unspecified atom stereocenters. The van der Waals surface area contributed by atoms with E-state index in [0.717, 1.165) is 28.3 Å². The summed E-state index contributed by atoms with van der Waals surface area (Å²) in [6.45, 7) is 8.01. The molecule has 0 spiro atoms. The van der Waals surface area contributed by atoms with Gasteiger partial charge in [-0.25, -0.2) is 4.99 Å². The van der Waals surface area contributed by atoms with Crippen LogP contribution in [0.1, 0.15) is 39.3 Å². The standard InChI is InChI=1S/C21H25N5S2/c1-5-27-21(28-6-2)20(13-23)14(3)15(4)25-17(16-10-8-7-9-11-16)19(20,12-22)18(24)26-21/h7-11,17,25H,5-6H2,1-4H3,(H2,24,26)/t17-,19-,20+/m0/s1. The fraction of sp³-hybridized carbons (Fsp3) is 0.476. The van der Waals surface area contributed by atoms with Crippen molar-refractivity contribution in [2.75, 3.05) is 11.5 Å². The lowest BCUT2D eigenvalue weighted by molar-refractivity contribution is 0.200. The van der Waals surface area contributed by atoms with Crippen LogP contribution >= 0.6 is 23.5 Å². The van der Waals surface area contributed by atoms with Crippen LogP contribution in [-0.2, 0) is 0 Å². The number of allylic oxidation sites excluding steroid dienone is 1. The summed E-state index contributed by atoms with van der Waals surface area (Å²) in [7, 11) is 0. The second-order valence-corrected chi connectivity index (χ2v) is 10.1. The predicted molar refractivity (Wildman–Crippen MR) is 117 cm³/mol. The lowest BCUT2D eigenvalue weighted by atomic mass is 9.55. The van der Waals surface area contributed by atoms with Gasteiger partial charge in [0.2, 0.25) is 0 Å². The van der Waals surface area contributed by atoms with Crippen molar-refractivity contribution >= 4 is 29.4 Å². The van der Waals surface area contributed by atoms with Crippen molar-refractivity contribution in [1.29, 1.82) is 10.5 Å². The Morgan fingerprint density at radius 3 is 2.21 bits per heavy atom. The van der Waals surface area contributed by atoms with Crippen molar-refractivity contribution in [1.82, 2.24) is 5.32 Å². The van der Waals surface area contributed by atoms with E-state index in [2.05, 4.69) is 17.5 Å². The molecule has 1 aromatic carbocycles. The van der Waals surface area contributed by atoms with E-state index in [1.807, 2.05) is 58.0 Å². The van der Waals surface area contributed by atoms with Gasteiger partial charge in [0, 0.05) is 5.70 Å². The van der Waals surface area contributed by atoms with Crippen molar-refractivity contribution in [2.45, 2.75) is 37.9 Å². The van der Waals surface area contributed by atoms with Gasteiger partial charge in [0.15, 0.2) is 15.0 Å². The summed E-state index contributed by atoms with van der Waals surface area (Å²) in [4.78, 5) is 4.89. The van der Waals surface area contributed by atoms with Gasteiger partial charge in [-0.1, -0.05) is 44.2 Å². The fourth-order valence-electron chi connectivity index (χ4n) is 4.52. The highest BCUT2D eigenvalue weighted by molar-refractivity contribution is 8.18. The number of hydrogen-bond acceptors (Lipinski definition) is 7. The smallest absolute Gasteiger partial charge is 0.178 e. The molecule has 1 aromatic rings. The van der Waals surface area contributed by atoms with Crippen LogP contribution in [0.2, 0.25) is 0 Å². The molecule has 2 heterocycles. The van der Waals surface area contributed by atoms with Gasteiger partial charge >= 0.3 is 0 Å². The van der Waals surface area contributed by atoms with Crippen molar-refractivity contribution in [3.8, 4) is 12.1 Å². The lowest BCUT2D eigenvalue weighted by Crippen LogP contribution is -2.61. The molecule has 7 heteroatoms. The van der Waals surface area contributed by atoms with Gasteiger partial charge in [0.25, 0.3) is 0 Å². The van der Waals surface area contributed by atoms with E-state index in [0.29, 0.717) is 0 Å². The first-order chi connectivity index (χ1) is 13.4. The maximum Gasteiger partial charge on any atom is 0.178 e. The molecule has 2 aliphatic rings. The molecule has 0 aromatic heterocycles. The summed E-state index contributed by atoms with van der Waals surface area (Å²) in [5.74, 6) is 1.78. The number of aliphatic imine (C=N–C) groups is 1. The first kappa shape index (κ1) is 20.6. The summed E-state index contributed by atoms with van der Waals surface area (Å²) in [5, 5.41) is 24.8. The molecule has 3 atom stereocenters. The van der Waals surface area contributed by atoms with E-state index in [1.54, 1.807) is 23.5 Å². The molecule has 3 rings (SSSR count). The third kappa shape index (κ3) is 2.36. The summed E-state index contributed by atoms with van der Waals surface area (Å²) in [6.07, 6.45) is 0. The van der Waals surface area contributed by atoms with Gasteiger partial charge in [-0.05, 0) is 36.5 Å². The highest BCUT2D eigenvalue weighted by atomic mass is 32.2.